The van der Waals surface area contributed by atoms with Gasteiger partial charge in [-0.2, -0.15) is 0 Å². The van der Waals surface area contributed by atoms with Gasteiger partial charge in [-0.3, -0.25) is 4.79 Å². The van der Waals surface area contributed by atoms with Crippen LogP contribution >= 0.6 is 0 Å². The SMILES string of the molecule is COc1ccc(Nc2cc(NC(=O)C3CCCC3)c3ccccc3n2)cc1. The standard InChI is InChI=1S/C22H23N3O2/c1-27-17-12-10-16(11-13-17)23-21-14-20(18-8-4-5-9-19(18)24-21)25-22(26)15-6-2-3-7-15/h4-5,8-15H,2-3,6-7H2,1H3,(H2,23,24,25,26). The van der Waals surface area contributed by atoms with Crippen LogP contribution in [0.4, 0.5) is 17.2 Å². The van der Waals surface area contributed by atoms with Gasteiger partial charge in [0.1, 0.15) is 11.6 Å². The van der Waals surface area contributed by atoms with Crippen LogP contribution in [0.1, 0.15) is 25.7 Å². The number of amides is 1. The van der Waals surface area contributed by atoms with Gasteiger partial charge in [0.15, 0.2) is 0 Å². The number of carbonyl (C=O) groups is 1. The second-order valence-corrected chi connectivity index (χ2v) is 6.90. The number of methoxy groups -OCH3 is 1. The molecule has 0 unspecified atom stereocenters. The highest BCUT2D eigenvalue weighted by Crippen LogP contribution is 2.30. The van der Waals surface area contributed by atoms with E-state index in [1.54, 1.807) is 7.11 Å². The first-order valence-electron chi connectivity index (χ1n) is 9.34. The summed E-state index contributed by atoms with van der Waals surface area (Å²) in [6.45, 7) is 0. The van der Waals surface area contributed by atoms with E-state index >= 15 is 0 Å². The summed E-state index contributed by atoms with van der Waals surface area (Å²) in [5, 5.41) is 7.39. The van der Waals surface area contributed by atoms with Gasteiger partial charge in [0.2, 0.25) is 5.91 Å². The number of rotatable bonds is 5. The molecule has 0 bridgehead atoms. The Bertz CT molecular complexity index is 947. The fourth-order valence-electron chi connectivity index (χ4n) is 3.59. The van der Waals surface area contributed by atoms with Gasteiger partial charge in [0.05, 0.1) is 18.3 Å². The zero-order valence-electron chi connectivity index (χ0n) is 15.4. The number of hydrogen-bond donors (Lipinski definition) is 2. The molecule has 1 saturated carbocycles. The summed E-state index contributed by atoms with van der Waals surface area (Å²) in [7, 11) is 1.65. The Labute approximate surface area is 158 Å². The number of nitrogens with one attached hydrogen (secondary N) is 2. The molecule has 0 radical (unpaired) electrons. The normalized spacial score (nSPS) is 14.3. The number of hydrogen-bond acceptors (Lipinski definition) is 4. The van der Waals surface area contributed by atoms with Crippen molar-refractivity contribution in [3.05, 3.63) is 54.6 Å². The minimum atomic E-state index is 0.110. The van der Waals surface area contributed by atoms with Gasteiger partial charge in [-0.1, -0.05) is 31.0 Å². The Morgan fingerprint density at radius 1 is 1.07 bits per heavy atom. The first-order chi connectivity index (χ1) is 13.2. The third-order valence-corrected chi connectivity index (χ3v) is 5.06. The molecule has 27 heavy (non-hydrogen) atoms. The van der Waals surface area contributed by atoms with E-state index in [0.29, 0.717) is 5.82 Å². The van der Waals surface area contributed by atoms with Gasteiger partial charge in [0, 0.05) is 23.1 Å². The van der Waals surface area contributed by atoms with Gasteiger partial charge in [-0.25, -0.2) is 4.98 Å². The van der Waals surface area contributed by atoms with Crippen molar-refractivity contribution < 1.29 is 9.53 Å². The summed E-state index contributed by atoms with van der Waals surface area (Å²) < 4.78 is 5.20. The molecule has 3 aromatic rings. The Morgan fingerprint density at radius 3 is 2.56 bits per heavy atom. The number of fused-ring (bicyclic) bond motifs is 1. The molecule has 0 saturated heterocycles. The Morgan fingerprint density at radius 2 is 1.81 bits per heavy atom. The number of anilines is 3. The lowest BCUT2D eigenvalue weighted by molar-refractivity contribution is -0.119. The van der Waals surface area contributed by atoms with Crippen LogP contribution in [-0.4, -0.2) is 18.0 Å². The van der Waals surface area contributed by atoms with Crippen molar-refractivity contribution in [2.75, 3.05) is 17.7 Å². The summed E-state index contributed by atoms with van der Waals surface area (Å²) in [5.41, 5.74) is 2.55. The van der Waals surface area contributed by atoms with Gasteiger partial charge in [0.25, 0.3) is 0 Å². The molecule has 1 heterocycles. The van der Waals surface area contributed by atoms with E-state index in [1.165, 1.54) is 0 Å². The minimum Gasteiger partial charge on any atom is -0.497 e. The van der Waals surface area contributed by atoms with E-state index < -0.39 is 0 Å². The molecular weight excluding hydrogens is 338 g/mol. The van der Waals surface area contributed by atoms with E-state index in [4.69, 9.17) is 4.74 Å². The van der Waals surface area contributed by atoms with Crippen LogP contribution in [0.3, 0.4) is 0 Å². The van der Waals surface area contributed by atoms with Crippen LogP contribution in [0.25, 0.3) is 10.9 Å². The molecule has 2 N–H and O–H groups in total. The highest BCUT2D eigenvalue weighted by Gasteiger charge is 2.23. The fourth-order valence-corrected chi connectivity index (χ4v) is 3.59. The molecule has 2 aromatic carbocycles. The Kier molecular flexibility index (Phi) is 4.92. The van der Waals surface area contributed by atoms with Crippen molar-refractivity contribution in [3.8, 4) is 5.75 Å². The van der Waals surface area contributed by atoms with Crippen molar-refractivity contribution in [3.63, 3.8) is 0 Å². The highest BCUT2D eigenvalue weighted by molar-refractivity contribution is 6.02. The number of para-hydroxylation sites is 1. The average molecular weight is 361 g/mol. The maximum absolute atomic E-state index is 12.6. The maximum atomic E-state index is 12.6. The second kappa shape index (κ2) is 7.66. The molecule has 0 spiro atoms. The van der Waals surface area contributed by atoms with E-state index in [1.807, 2.05) is 54.6 Å². The highest BCUT2D eigenvalue weighted by atomic mass is 16.5. The van der Waals surface area contributed by atoms with E-state index in [-0.39, 0.29) is 11.8 Å². The van der Waals surface area contributed by atoms with Crippen LogP contribution in [0.15, 0.2) is 54.6 Å². The predicted molar refractivity (Wildman–Crippen MR) is 109 cm³/mol. The van der Waals surface area contributed by atoms with E-state index in [9.17, 15) is 4.79 Å². The van der Waals surface area contributed by atoms with Crippen molar-refractivity contribution in [1.29, 1.82) is 0 Å². The van der Waals surface area contributed by atoms with E-state index in [0.717, 1.165) is 53.7 Å². The van der Waals surface area contributed by atoms with Crippen LogP contribution in [0, 0.1) is 5.92 Å². The minimum absolute atomic E-state index is 0.110. The molecule has 0 aliphatic heterocycles. The maximum Gasteiger partial charge on any atom is 0.227 e. The Hall–Kier alpha value is -3.08. The monoisotopic (exact) mass is 361 g/mol. The van der Waals surface area contributed by atoms with Crippen molar-refractivity contribution in [2.24, 2.45) is 5.92 Å². The average Bonchev–Trinajstić information content (AvgIpc) is 3.24. The number of carbonyl (C=O) groups excluding carboxylic acids is 1. The molecule has 1 aromatic heterocycles. The third-order valence-electron chi connectivity index (χ3n) is 5.06. The molecule has 138 valence electrons. The van der Waals surface area contributed by atoms with E-state index in [2.05, 4.69) is 15.6 Å². The summed E-state index contributed by atoms with van der Waals surface area (Å²) in [6.07, 6.45) is 4.23. The van der Waals surface area contributed by atoms with Gasteiger partial charge < -0.3 is 15.4 Å². The molecule has 5 nitrogen and oxygen atoms in total. The number of pyridine rings is 1. The first-order valence-corrected chi connectivity index (χ1v) is 9.34. The van der Waals surface area contributed by atoms with Crippen molar-refractivity contribution in [2.45, 2.75) is 25.7 Å². The summed E-state index contributed by atoms with van der Waals surface area (Å²) in [6, 6.07) is 17.4. The smallest absolute Gasteiger partial charge is 0.227 e. The van der Waals surface area contributed by atoms with Crippen molar-refractivity contribution >= 4 is 34.0 Å². The number of nitrogens with zero attached hydrogens (tertiary/aromatic N) is 1. The molecule has 1 aliphatic carbocycles. The Balaban J connectivity index is 1.63. The van der Waals surface area contributed by atoms with Crippen LogP contribution < -0.4 is 15.4 Å². The second-order valence-electron chi connectivity index (χ2n) is 6.90. The molecular formula is C22H23N3O2. The molecule has 1 aliphatic rings. The van der Waals surface area contributed by atoms with Gasteiger partial charge in [-0.15, -0.1) is 0 Å². The van der Waals surface area contributed by atoms with Crippen molar-refractivity contribution in [1.82, 2.24) is 4.98 Å². The van der Waals surface area contributed by atoms with Crippen LogP contribution in [0.5, 0.6) is 5.75 Å². The summed E-state index contributed by atoms with van der Waals surface area (Å²) >= 11 is 0. The van der Waals surface area contributed by atoms with Crippen LogP contribution in [-0.2, 0) is 4.79 Å². The zero-order chi connectivity index (χ0) is 18.6. The lowest BCUT2D eigenvalue weighted by atomic mass is 10.1. The summed E-state index contributed by atoms with van der Waals surface area (Å²) in [5.74, 6) is 1.73. The first kappa shape index (κ1) is 17.3. The molecule has 1 amide bonds. The predicted octanol–water partition coefficient (Wildman–Crippen LogP) is 5.12. The fraction of sp³-hybridized carbons (Fsp3) is 0.273. The summed E-state index contributed by atoms with van der Waals surface area (Å²) in [4.78, 5) is 17.3. The quantitative estimate of drug-likeness (QED) is 0.662. The van der Waals surface area contributed by atoms with Gasteiger partial charge >= 0.3 is 0 Å². The lowest BCUT2D eigenvalue weighted by Gasteiger charge is -2.15. The number of benzene rings is 2. The molecule has 0 atom stereocenters. The molecule has 4 rings (SSSR count). The topological polar surface area (TPSA) is 63.2 Å². The molecule has 1 fully saturated rings. The zero-order valence-corrected chi connectivity index (χ0v) is 15.4. The third kappa shape index (κ3) is 3.87. The van der Waals surface area contributed by atoms with Gasteiger partial charge in [-0.05, 0) is 43.2 Å². The number of aromatic nitrogens is 1. The lowest BCUT2D eigenvalue weighted by Crippen LogP contribution is -2.20. The van der Waals surface area contributed by atoms with Crippen LogP contribution in [0.2, 0.25) is 0 Å². The number of ether oxygens (including phenoxy) is 1. The molecule has 5 heteroatoms. The largest absolute Gasteiger partial charge is 0.497 e.